The minimum Gasteiger partial charge on any atom is -0.455 e. The predicted octanol–water partition coefficient (Wildman–Crippen LogP) is 3.32. The van der Waals surface area contributed by atoms with E-state index in [1.54, 1.807) is 19.1 Å². The normalized spacial score (nSPS) is 11.4. The highest BCUT2D eigenvalue weighted by Crippen LogP contribution is 2.35. The molecule has 0 radical (unpaired) electrons. The van der Waals surface area contributed by atoms with Gasteiger partial charge in [-0.3, -0.25) is 0 Å². The quantitative estimate of drug-likeness (QED) is 0.833. The third-order valence-electron chi connectivity index (χ3n) is 2.76. The molecule has 2 aromatic carbocycles. The van der Waals surface area contributed by atoms with Crippen LogP contribution >= 0.6 is 23.2 Å². The van der Waals surface area contributed by atoms with Gasteiger partial charge in [0, 0.05) is 22.3 Å². The van der Waals surface area contributed by atoms with Crippen LogP contribution in [0.25, 0.3) is 0 Å². The Labute approximate surface area is 132 Å². The van der Waals surface area contributed by atoms with E-state index in [-0.39, 0.29) is 16.3 Å². The molecule has 0 aromatic heterocycles. The van der Waals surface area contributed by atoms with E-state index in [0.29, 0.717) is 21.4 Å². The SMILES string of the molecule is Cc1c(Oc2ccc(Cl)cc2Cl)cc(N)cc1S(N)(=O)=O. The van der Waals surface area contributed by atoms with Crippen LogP contribution in [0.15, 0.2) is 35.2 Å². The fourth-order valence-electron chi connectivity index (χ4n) is 1.76. The molecule has 0 aliphatic rings. The first-order valence-electron chi connectivity index (χ1n) is 5.74. The van der Waals surface area contributed by atoms with Gasteiger partial charge < -0.3 is 10.5 Å². The van der Waals surface area contributed by atoms with Crippen molar-refractivity contribution in [3.05, 3.63) is 45.9 Å². The van der Waals surface area contributed by atoms with Crippen LogP contribution in [0.2, 0.25) is 10.0 Å². The number of benzene rings is 2. The van der Waals surface area contributed by atoms with Gasteiger partial charge in [0.1, 0.15) is 11.5 Å². The zero-order valence-electron chi connectivity index (χ0n) is 10.9. The summed E-state index contributed by atoms with van der Waals surface area (Å²) in [5, 5.41) is 5.91. The summed E-state index contributed by atoms with van der Waals surface area (Å²) in [5.41, 5.74) is 6.24. The van der Waals surface area contributed by atoms with Crippen LogP contribution in [0.1, 0.15) is 5.56 Å². The van der Waals surface area contributed by atoms with Crippen LogP contribution in [0.3, 0.4) is 0 Å². The standard InChI is InChI=1S/C13H12Cl2N2O3S/c1-7-12(5-9(16)6-13(7)21(17,18)19)20-11-3-2-8(14)4-10(11)15/h2-6H,16H2,1H3,(H2,17,18,19). The molecule has 0 saturated heterocycles. The molecule has 0 heterocycles. The van der Waals surface area contributed by atoms with Crippen LogP contribution < -0.4 is 15.6 Å². The van der Waals surface area contributed by atoms with Crippen molar-refractivity contribution in [1.82, 2.24) is 0 Å². The van der Waals surface area contributed by atoms with Crippen molar-refractivity contribution in [2.24, 2.45) is 5.14 Å². The van der Waals surface area contributed by atoms with Crippen molar-refractivity contribution in [1.29, 1.82) is 0 Å². The first-order valence-corrected chi connectivity index (χ1v) is 8.04. The van der Waals surface area contributed by atoms with Gasteiger partial charge in [-0.1, -0.05) is 23.2 Å². The largest absolute Gasteiger partial charge is 0.455 e. The number of hydrogen-bond acceptors (Lipinski definition) is 4. The molecule has 0 fully saturated rings. The molecule has 4 N–H and O–H groups in total. The maximum atomic E-state index is 11.5. The lowest BCUT2D eigenvalue weighted by Gasteiger charge is -2.13. The Morgan fingerprint density at radius 3 is 2.33 bits per heavy atom. The molecule has 0 unspecified atom stereocenters. The Bertz CT molecular complexity index is 807. The third kappa shape index (κ3) is 3.59. The van der Waals surface area contributed by atoms with E-state index in [2.05, 4.69) is 0 Å². The first kappa shape index (κ1) is 15.9. The highest BCUT2D eigenvalue weighted by molar-refractivity contribution is 7.89. The van der Waals surface area contributed by atoms with Crippen molar-refractivity contribution in [3.8, 4) is 11.5 Å². The molecule has 0 bridgehead atoms. The van der Waals surface area contributed by atoms with Crippen LogP contribution in [0.5, 0.6) is 11.5 Å². The zero-order valence-corrected chi connectivity index (χ0v) is 13.3. The highest BCUT2D eigenvalue weighted by Gasteiger charge is 2.17. The highest BCUT2D eigenvalue weighted by atomic mass is 35.5. The maximum Gasteiger partial charge on any atom is 0.238 e. The van der Waals surface area contributed by atoms with Crippen LogP contribution in [-0.2, 0) is 10.0 Å². The molecule has 0 amide bonds. The molecule has 0 saturated carbocycles. The van der Waals surface area contributed by atoms with Gasteiger partial charge in [-0.25, -0.2) is 13.6 Å². The Hall–Kier alpha value is -1.47. The molecule has 21 heavy (non-hydrogen) atoms. The van der Waals surface area contributed by atoms with Gasteiger partial charge in [0.2, 0.25) is 10.0 Å². The molecular weight excluding hydrogens is 335 g/mol. The lowest BCUT2D eigenvalue weighted by molar-refractivity contribution is 0.477. The van der Waals surface area contributed by atoms with Crippen molar-refractivity contribution in [2.45, 2.75) is 11.8 Å². The second kappa shape index (κ2) is 5.73. The van der Waals surface area contributed by atoms with Crippen molar-refractivity contribution >= 4 is 38.9 Å². The second-order valence-corrected chi connectivity index (χ2v) is 6.74. The van der Waals surface area contributed by atoms with Crippen LogP contribution in [-0.4, -0.2) is 8.42 Å². The summed E-state index contributed by atoms with van der Waals surface area (Å²) in [6.45, 7) is 1.57. The summed E-state index contributed by atoms with van der Waals surface area (Å²) in [7, 11) is -3.90. The Kier molecular flexibility index (Phi) is 4.34. The Morgan fingerprint density at radius 2 is 1.76 bits per heavy atom. The average Bonchev–Trinajstić information content (AvgIpc) is 2.35. The van der Waals surface area contributed by atoms with E-state index in [1.165, 1.54) is 18.2 Å². The molecule has 5 nitrogen and oxygen atoms in total. The number of nitrogens with two attached hydrogens (primary N) is 2. The zero-order chi connectivity index (χ0) is 15.8. The monoisotopic (exact) mass is 346 g/mol. The van der Waals surface area contributed by atoms with Gasteiger partial charge in [-0.15, -0.1) is 0 Å². The van der Waals surface area contributed by atoms with Crippen LogP contribution in [0, 0.1) is 6.92 Å². The molecule has 0 atom stereocenters. The van der Waals surface area contributed by atoms with Gasteiger partial charge in [-0.05, 0) is 31.2 Å². The number of sulfonamides is 1. The average molecular weight is 347 g/mol. The molecule has 0 aliphatic carbocycles. The van der Waals surface area contributed by atoms with Gasteiger partial charge in [0.05, 0.1) is 9.92 Å². The van der Waals surface area contributed by atoms with Gasteiger partial charge in [0.15, 0.2) is 0 Å². The van der Waals surface area contributed by atoms with E-state index in [1.807, 2.05) is 0 Å². The Morgan fingerprint density at radius 1 is 1.10 bits per heavy atom. The molecule has 8 heteroatoms. The number of rotatable bonds is 3. The van der Waals surface area contributed by atoms with E-state index >= 15 is 0 Å². The Balaban J connectivity index is 2.52. The fraction of sp³-hybridized carbons (Fsp3) is 0.0769. The van der Waals surface area contributed by atoms with E-state index in [4.69, 9.17) is 38.8 Å². The molecule has 0 aliphatic heterocycles. The first-order chi connectivity index (χ1) is 9.68. The second-order valence-electron chi connectivity index (χ2n) is 4.36. The summed E-state index contributed by atoms with van der Waals surface area (Å²) in [6.07, 6.45) is 0. The van der Waals surface area contributed by atoms with Crippen LogP contribution in [0.4, 0.5) is 5.69 Å². The van der Waals surface area contributed by atoms with Crippen molar-refractivity contribution in [2.75, 3.05) is 5.73 Å². The van der Waals surface area contributed by atoms with Gasteiger partial charge >= 0.3 is 0 Å². The molecule has 0 spiro atoms. The lowest BCUT2D eigenvalue weighted by Crippen LogP contribution is -2.14. The number of anilines is 1. The van der Waals surface area contributed by atoms with Gasteiger partial charge in [-0.2, -0.15) is 0 Å². The molecule has 2 aromatic rings. The summed E-state index contributed by atoms with van der Waals surface area (Å²) < 4.78 is 28.7. The summed E-state index contributed by atoms with van der Waals surface area (Å²) >= 11 is 11.8. The molecule has 112 valence electrons. The third-order valence-corrected chi connectivity index (χ3v) is 4.32. The number of ether oxygens (including phenoxy) is 1. The smallest absolute Gasteiger partial charge is 0.238 e. The number of hydrogen-bond donors (Lipinski definition) is 2. The summed E-state index contributed by atoms with van der Waals surface area (Å²) in [6, 6.07) is 7.46. The topological polar surface area (TPSA) is 95.4 Å². The summed E-state index contributed by atoms with van der Waals surface area (Å²) in [4.78, 5) is -0.0948. The van der Waals surface area contributed by atoms with Crippen molar-refractivity contribution < 1.29 is 13.2 Å². The minimum atomic E-state index is -3.90. The number of primary sulfonamides is 1. The maximum absolute atomic E-state index is 11.5. The number of halogens is 2. The lowest BCUT2D eigenvalue weighted by atomic mass is 10.2. The molecule has 2 rings (SSSR count). The van der Waals surface area contributed by atoms with E-state index in [0.717, 1.165) is 0 Å². The molecular formula is C13H12Cl2N2O3S. The van der Waals surface area contributed by atoms with Gasteiger partial charge in [0.25, 0.3) is 0 Å². The predicted molar refractivity (Wildman–Crippen MR) is 83.5 cm³/mol. The summed E-state index contributed by atoms with van der Waals surface area (Å²) in [5.74, 6) is 0.582. The van der Waals surface area contributed by atoms with E-state index < -0.39 is 10.0 Å². The fourth-order valence-corrected chi connectivity index (χ4v) is 3.04. The number of nitrogen functional groups attached to an aromatic ring is 1. The van der Waals surface area contributed by atoms with E-state index in [9.17, 15) is 8.42 Å². The minimum absolute atomic E-state index is 0.0948. The van der Waals surface area contributed by atoms with Crippen molar-refractivity contribution in [3.63, 3.8) is 0 Å².